The van der Waals surface area contributed by atoms with Gasteiger partial charge in [0, 0.05) is 12.8 Å². The number of quaternary nitrogens is 1. The lowest BCUT2D eigenvalue weighted by molar-refractivity contribution is -0.870. The van der Waals surface area contributed by atoms with Gasteiger partial charge in [0.15, 0.2) is 0 Å². The van der Waals surface area contributed by atoms with Gasteiger partial charge in [-0.1, -0.05) is 322 Å². The molecule has 458 valence electrons. The van der Waals surface area contributed by atoms with Gasteiger partial charge in [0.2, 0.25) is 5.91 Å². The van der Waals surface area contributed by atoms with Crippen LogP contribution in [-0.2, 0) is 27.9 Å². The van der Waals surface area contributed by atoms with E-state index >= 15 is 0 Å². The molecule has 0 spiro atoms. The summed E-state index contributed by atoms with van der Waals surface area (Å²) in [4.78, 5) is 37.7. The van der Waals surface area contributed by atoms with Gasteiger partial charge in [-0.25, -0.2) is 4.57 Å². The molecule has 9 nitrogen and oxygen atoms in total. The number of nitrogens with one attached hydrogen (secondary N) is 1. The minimum Gasteiger partial charge on any atom is -0.456 e. The summed E-state index contributed by atoms with van der Waals surface area (Å²) in [6.07, 6.45) is 68.0. The number of nitrogens with zero attached hydrogens (tertiary/aromatic N) is 1. The predicted octanol–water partition coefficient (Wildman–Crippen LogP) is 21.1. The molecule has 0 heterocycles. The maximum atomic E-state index is 13.6. The number of allylic oxidation sites excluding steroid dienone is 1. The van der Waals surface area contributed by atoms with E-state index in [1.54, 1.807) is 0 Å². The molecule has 0 saturated carbocycles. The van der Waals surface area contributed by atoms with Crippen LogP contribution >= 0.6 is 7.82 Å². The number of carbonyl (C=O) groups is 2. The number of carbonyl (C=O) groups excluding carboxylic acids is 2. The molecule has 2 N–H and O–H groups in total. The SMILES string of the molecule is CCCCCCCCCCCCC/C=C/C(OC(=O)CCCCCCCCCCCCC)C(COP(=O)(O)OCC[N+](C)(C)C)NC(=O)CCCCCCCCCCCCCCCCCCCCCCCCCCCCC. The van der Waals surface area contributed by atoms with E-state index in [4.69, 9.17) is 13.8 Å². The van der Waals surface area contributed by atoms with Crippen LogP contribution in [0.3, 0.4) is 0 Å². The maximum Gasteiger partial charge on any atom is 0.472 e. The molecule has 0 aromatic heterocycles. The fourth-order valence-electron chi connectivity index (χ4n) is 10.5. The van der Waals surface area contributed by atoms with Crippen molar-refractivity contribution in [1.29, 1.82) is 0 Å². The summed E-state index contributed by atoms with van der Waals surface area (Å²) in [5.74, 6) is -0.483. The zero-order valence-electron chi connectivity index (χ0n) is 52.5. The molecule has 0 bridgehead atoms. The molecule has 0 aliphatic rings. The molecule has 0 aliphatic heterocycles. The summed E-state index contributed by atoms with van der Waals surface area (Å²) < 4.78 is 30.7. The Morgan fingerprint density at radius 2 is 0.740 bits per heavy atom. The van der Waals surface area contributed by atoms with E-state index in [9.17, 15) is 19.0 Å². The molecular formula is C67H134N2O7P+. The smallest absolute Gasteiger partial charge is 0.456 e. The first-order valence-corrected chi connectivity index (χ1v) is 35.5. The van der Waals surface area contributed by atoms with Gasteiger partial charge in [-0.05, 0) is 31.8 Å². The predicted molar refractivity (Wildman–Crippen MR) is 333 cm³/mol. The van der Waals surface area contributed by atoms with E-state index in [1.807, 2.05) is 33.3 Å². The highest BCUT2D eigenvalue weighted by atomic mass is 31.2. The monoisotopic (exact) mass is 1110 g/mol. The molecule has 77 heavy (non-hydrogen) atoms. The lowest BCUT2D eigenvalue weighted by atomic mass is 10.0. The molecule has 0 aliphatic carbocycles. The van der Waals surface area contributed by atoms with Crippen molar-refractivity contribution in [1.82, 2.24) is 5.32 Å². The Bertz CT molecular complexity index is 1320. The largest absolute Gasteiger partial charge is 0.472 e. The van der Waals surface area contributed by atoms with Gasteiger partial charge in [-0.2, -0.15) is 0 Å². The maximum absolute atomic E-state index is 13.6. The summed E-state index contributed by atoms with van der Waals surface area (Å²) >= 11 is 0. The second-order valence-corrected chi connectivity index (χ2v) is 26.2. The van der Waals surface area contributed by atoms with E-state index in [1.165, 1.54) is 263 Å². The summed E-state index contributed by atoms with van der Waals surface area (Å²) in [6, 6.07) is -0.839. The van der Waals surface area contributed by atoms with Crippen LogP contribution in [0.15, 0.2) is 12.2 Å². The third-order valence-corrected chi connectivity index (χ3v) is 16.7. The van der Waals surface area contributed by atoms with Gasteiger partial charge in [-0.15, -0.1) is 0 Å². The van der Waals surface area contributed by atoms with Crippen LogP contribution in [0.2, 0.25) is 0 Å². The second kappa shape index (κ2) is 58.0. The summed E-state index contributed by atoms with van der Waals surface area (Å²) in [6.45, 7) is 7.07. The number of phosphoric acid groups is 1. The van der Waals surface area contributed by atoms with Crippen molar-refractivity contribution < 1.29 is 37.3 Å². The van der Waals surface area contributed by atoms with E-state index < -0.39 is 20.0 Å². The Hall–Kier alpha value is -1.25. The highest BCUT2D eigenvalue weighted by Gasteiger charge is 2.30. The van der Waals surface area contributed by atoms with Crippen LogP contribution in [0.4, 0.5) is 0 Å². The standard InChI is InChI=1S/C67H133N2O7P/c1-7-10-13-16-19-22-25-27-28-29-30-31-32-33-34-35-36-37-38-39-40-42-45-47-50-53-56-59-66(70)68-64(63-75-77(72,73)74-62-61-69(4,5)6)65(58-55-52-49-46-44-41-26-23-20-17-14-11-8-2)76-67(71)60-57-54-51-48-43-24-21-18-15-12-9-3/h55,58,64-65H,7-54,56-57,59-63H2,1-6H3,(H-,68,70,72,73)/p+1/b58-55+. The number of esters is 1. The van der Waals surface area contributed by atoms with Crippen molar-refractivity contribution in [2.75, 3.05) is 40.9 Å². The molecule has 3 atom stereocenters. The van der Waals surface area contributed by atoms with E-state index in [2.05, 4.69) is 26.1 Å². The summed E-state index contributed by atoms with van der Waals surface area (Å²) in [5, 5.41) is 3.07. The molecule has 0 rings (SSSR count). The van der Waals surface area contributed by atoms with Crippen molar-refractivity contribution >= 4 is 19.7 Å². The van der Waals surface area contributed by atoms with Gasteiger partial charge in [0.05, 0.1) is 33.8 Å². The zero-order chi connectivity index (χ0) is 56.4. The van der Waals surface area contributed by atoms with Crippen molar-refractivity contribution in [3.8, 4) is 0 Å². The molecule has 3 unspecified atom stereocenters. The zero-order valence-corrected chi connectivity index (χ0v) is 53.4. The van der Waals surface area contributed by atoms with Crippen molar-refractivity contribution in [2.45, 2.75) is 367 Å². The molecule has 10 heteroatoms. The molecule has 1 amide bonds. The van der Waals surface area contributed by atoms with E-state index in [0.717, 1.165) is 57.8 Å². The fourth-order valence-corrected chi connectivity index (χ4v) is 11.2. The first-order chi connectivity index (χ1) is 37.4. The van der Waals surface area contributed by atoms with Crippen LogP contribution in [0.25, 0.3) is 0 Å². The number of hydrogen-bond acceptors (Lipinski definition) is 6. The summed E-state index contributed by atoms with van der Waals surface area (Å²) in [7, 11) is 1.52. The number of hydrogen-bond donors (Lipinski definition) is 2. The molecule has 0 fully saturated rings. The van der Waals surface area contributed by atoms with Gasteiger partial charge in [0.1, 0.15) is 19.3 Å². The van der Waals surface area contributed by atoms with E-state index in [0.29, 0.717) is 23.9 Å². The molecule has 0 aromatic rings. The average Bonchev–Trinajstić information content (AvgIpc) is 3.39. The topological polar surface area (TPSA) is 111 Å². The Morgan fingerprint density at radius 1 is 0.442 bits per heavy atom. The van der Waals surface area contributed by atoms with Gasteiger partial charge < -0.3 is 19.4 Å². The van der Waals surface area contributed by atoms with Crippen molar-refractivity contribution in [2.24, 2.45) is 0 Å². The van der Waals surface area contributed by atoms with E-state index in [-0.39, 0.29) is 25.1 Å². The van der Waals surface area contributed by atoms with Gasteiger partial charge in [0.25, 0.3) is 0 Å². The number of rotatable bonds is 63. The Labute approximate surface area is 480 Å². The number of unbranched alkanes of at least 4 members (excludes halogenated alkanes) is 47. The van der Waals surface area contributed by atoms with Crippen LogP contribution < -0.4 is 5.32 Å². The first kappa shape index (κ1) is 75.8. The minimum atomic E-state index is -4.44. The van der Waals surface area contributed by atoms with Gasteiger partial charge >= 0.3 is 13.8 Å². The van der Waals surface area contributed by atoms with Crippen molar-refractivity contribution in [3.63, 3.8) is 0 Å². The number of ether oxygens (including phenoxy) is 1. The normalized spacial score (nSPS) is 13.6. The van der Waals surface area contributed by atoms with Crippen LogP contribution in [0.1, 0.15) is 355 Å². The Morgan fingerprint density at radius 3 is 1.06 bits per heavy atom. The highest BCUT2D eigenvalue weighted by Crippen LogP contribution is 2.43. The third kappa shape index (κ3) is 59.2. The summed E-state index contributed by atoms with van der Waals surface area (Å²) in [5.41, 5.74) is 0. The number of phosphoric ester groups is 1. The highest BCUT2D eigenvalue weighted by molar-refractivity contribution is 7.47. The number of likely N-dealkylation sites (N-methyl/N-ethyl adjacent to an activating group) is 1. The lowest BCUT2D eigenvalue weighted by Gasteiger charge is -2.27. The number of amides is 1. The second-order valence-electron chi connectivity index (χ2n) is 24.7. The molecule has 0 saturated heterocycles. The average molecular weight is 1110 g/mol. The Kier molecular flexibility index (Phi) is 57.0. The molecule has 0 radical (unpaired) electrons. The quantitative estimate of drug-likeness (QED) is 0.0205. The minimum absolute atomic E-state index is 0.0458. The fraction of sp³-hybridized carbons (Fsp3) is 0.940. The van der Waals surface area contributed by atoms with Crippen LogP contribution in [0.5, 0.6) is 0 Å². The van der Waals surface area contributed by atoms with Crippen LogP contribution in [0, 0.1) is 0 Å². The Balaban J connectivity index is 4.92. The van der Waals surface area contributed by atoms with Crippen LogP contribution in [-0.4, -0.2) is 74.3 Å². The molecular weight excluding hydrogens is 976 g/mol. The first-order valence-electron chi connectivity index (χ1n) is 34.0. The van der Waals surface area contributed by atoms with Crippen molar-refractivity contribution in [3.05, 3.63) is 12.2 Å². The molecule has 0 aromatic carbocycles. The lowest BCUT2D eigenvalue weighted by Crippen LogP contribution is -2.47. The third-order valence-electron chi connectivity index (χ3n) is 15.7. The van der Waals surface area contributed by atoms with Gasteiger partial charge in [-0.3, -0.25) is 18.6 Å².